The zero-order valence-electron chi connectivity index (χ0n) is 10.3. The van der Waals surface area contributed by atoms with Crippen LogP contribution >= 0.6 is 11.8 Å². The molecule has 0 radical (unpaired) electrons. The van der Waals surface area contributed by atoms with E-state index in [1.807, 2.05) is 0 Å². The van der Waals surface area contributed by atoms with Crippen molar-refractivity contribution in [3.05, 3.63) is 0 Å². The Labute approximate surface area is 98.2 Å². The molecule has 0 amide bonds. The van der Waals surface area contributed by atoms with Gasteiger partial charge in [0.05, 0.1) is 0 Å². The van der Waals surface area contributed by atoms with Crippen molar-refractivity contribution in [1.29, 1.82) is 0 Å². The van der Waals surface area contributed by atoms with E-state index >= 15 is 0 Å². The molecule has 2 atom stereocenters. The van der Waals surface area contributed by atoms with Crippen LogP contribution in [0.15, 0.2) is 0 Å². The monoisotopic (exact) mass is 228 g/mol. The van der Waals surface area contributed by atoms with Gasteiger partial charge < -0.3 is 5.32 Å². The van der Waals surface area contributed by atoms with E-state index in [0.717, 1.165) is 17.8 Å². The van der Waals surface area contributed by atoms with E-state index < -0.39 is 0 Å². The lowest BCUT2D eigenvalue weighted by molar-refractivity contribution is 0.111. The Morgan fingerprint density at radius 3 is 2.73 bits per heavy atom. The summed E-state index contributed by atoms with van der Waals surface area (Å²) in [6.07, 6.45) is 6.52. The van der Waals surface area contributed by atoms with Crippen LogP contribution in [0, 0.1) is 0 Å². The van der Waals surface area contributed by atoms with Gasteiger partial charge in [-0.2, -0.15) is 11.8 Å². The summed E-state index contributed by atoms with van der Waals surface area (Å²) < 4.78 is 0. The van der Waals surface area contributed by atoms with Crippen LogP contribution in [-0.4, -0.2) is 47.6 Å². The second-order valence-electron chi connectivity index (χ2n) is 5.61. The third kappa shape index (κ3) is 2.89. The third-order valence-corrected chi connectivity index (χ3v) is 4.90. The van der Waals surface area contributed by atoms with Gasteiger partial charge in [0.15, 0.2) is 0 Å². The largest absolute Gasteiger partial charge is 0.309 e. The number of nitrogens with one attached hydrogen (secondary N) is 1. The molecule has 1 saturated carbocycles. The number of hydrogen-bond acceptors (Lipinski definition) is 3. The van der Waals surface area contributed by atoms with Crippen molar-refractivity contribution in [1.82, 2.24) is 10.2 Å². The molecule has 0 spiro atoms. The zero-order chi connectivity index (χ0) is 10.9. The van der Waals surface area contributed by atoms with Gasteiger partial charge in [-0.3, -0.25) is 4.90 Å². The number of nitrogens with zero attached hydrogens (tertiary/aromatic N) is 1. The lowest BCUT2D eigenvalue weighted by Gasteiger charge is -2.42. The molecule has 88 valence electrons. The molecule has 2 unspecified atom stereocenters. The molecule has 2 rings (SSSR count). The quantitative estimate of drug-likeness (QED) is 0.778. The fourth-order valence-corrected chi connectivity index (χ4v) is 3.74. The zero-order valence-corrected chi connectivity index (χ0v) is 11.1. The Balaban J connectivity index is 1.88. The van der Waals surface area contributed by atoms with Crippen LogP contribution in [0.3, 0.4) is 0 Å². The van der Waals surface area contributed by atoms with Gasteiger partial charge in [0.25, 0.3) is 0 Å². The van der Waals surface area contributed by atoms with Gasteiger partial charge in [0.2, 0.25) is 0 Å². The summed E-state index contributed by atoms with van der Waals surface area (Å²) in [4.78, 5) is 2.72. The van der Waals surface area contributed by atoms with Crippen LogP contribution in [0.5, 0.6) is 0 Å². The Morgan fingerprint density at radius 1 is 1.33 bits per heavy atom. The topological polar surface area (TPSA) is 15.3 Å². The molecule has 0 aromatic carbocycles. The van der Waals surface area contributed by atoms with Gasteiger partial charge in [0, 0.05) is 36.5 Å². The van der Waals surface area contributed by atoms with E-state index in [2.05, 4.69) is 42.1 Å². The maximum Gasteiger partial charge on any atom is 0.0252 e. The molecule has 1 aliphatic heterocycles. The minimum absolute atomic E-state index is 0.315. The molecule has 3 heteroatoms. The lowest BCUT2D eigenvalue weighted by Crippen LogP contribution is -2.59. The van der Waals surface area contributed by atoms with E-state index in [1.54, 1.807) is 0 Å². The first kappa shape index (κ1) is 11.7. The molecule has 2 aliphatic rings. The van der Waals surface area contributed by atoms with Crippen molar-refractivity contribution in [3.8, 4) is 0 Å². The molecule has 0 aromatic heterocycles. The average Bonchev–Trinajstić information content (AvgIpc) is 2.64. The molecule has 1 aliphatic carbocycles. The van der Waals surface area contributed by atoms with Crippen molar-refractivity contribution >= 4 is 11.8 Å². The van der Waals surface area contributed by atoms with E-state index in [9.17, 15) is 0 Å². The van der Waals surface area contributed by atoms with Crippen LogP contribution < -0.4 is 5.32 Å². The number of piperazine rings is 1. The molecule has 0 aromatic rings. The summed E-state index contributed by atoms with van der Waals surface area (Å²) in [5.41, 5.74) is 0.315. The minimum Gasteiger partial charge on any atom is -0.309 e. The van der Waals surface area contributed by atoms with E-state index in [1.165, 1.54) is 32.4 Å². The predicted octanol–water partition coefficient (Wildman–Crippen LogP) is 1.95. The summed E-state index contributed by atoms with van der Waals surface area (Å²) in [6, 6.07) is 0.865. The molecule has 2 fully saturated rings. The van der Waals surface area contributed by atoms with Gasteiger partial charge in [0.1, 0.15) is 0 Å². The molecule has 1 saturated heterocycles. The van der Waals surface area contributed by atoms with E-state index in [4.69, 9.17) is 0 Å². The third-order valence-electron chi connectivity index (χ3n) is 3.81. The maximum absolute atomic E-state index is 3.59. The van der Waals surface area contributed by atoms with E-state index in [-0.39, 0.29) is 0 Å². The summed E-state index contributed by atoms with van der Waals surface area (Å²) >= 11 is 2.06. The first-order valence-electron chi connectivity index (χ1n) is 6.12. The van der Waals surface area contributed by atoms with Crippen molar-refractivity contribution < 1.29 is 0 Å². The minimum atomic E-state index is 0.315. The van der Waals surface area contributed by atoms with Crippen LogP contribution in [0.25, 0.3) is 0 Å². The number of hydrogen-bond donors (Lipinski definition) is 1. The van der Waals surface area contributed by atoms with Gasteiger partial charge in [-0.15, -0.1) is 0 Å². The molecule has 0 bridgehead atoms. The number of thioether (sulfide) groups is 1. The summed E-state index contributed by atoms with van der Waals surface area (Å²) in [5, 5.41) is 4.51. The smallest absolute Gasteiger partial charge is 0.0252 e. The molecule has 1 N–H and O–H groups in total. The predicted molar refractivity (Wildman–Crippen MR) is 68.6 cm³/mol. The van der Waals surface area contributed by atoms with Crippen molar-refractivity contribution in [2.45, 2.75) is 49.9 Å². The first-order valence-corrected chi connectivity index (χ1v) is 7.41. The summed E-state index contributed by atoms with van der Waals surface area (Å²) in [5.74, 6) is 0. The van der Waals surface area contributed by atoms with Gasteiger partial charge >= 0.3 is 0 Å². The van der Waals surface area contributed by atoms with Gasteiger partial charge in [-0.25, -0.2) is 0 Å². The first-order chi connectivity index (χ1) is 7.11. The highest BCUT2D eigenvalue weighted by Crippen LogP contribution is 2.32. The second kappa shape index (κ2) is 4.64. The van der Waals surface area contributed by atoms with Crippen molar-refractivity contribution in [2.75, 3.05) is 25.9 Å². The highest BCUT2D eigenvalue weighted by Gasteiger charge is 2.34. The van der Waals surface area contributed by atoms with Crippen molar-refractivity contribution in [3.63, 3.8) is 0 Å². The van der Waals surface area contributed by atoms with Gasteiger partial charge in [-0.1, -0.05) is 0 Å². The fraction of sp³-hybridized carbons (Fsp3) is 1.00. The highest BCUT2D eigenvalue weighted by atomic mass is 32.2. The molecule has 2 nitrogen and oxygen atoms in total. The maximum atomic E-state index is 3.59. The Morgan fingerprint density at radius 2 is 2.13 bits per heavy atom. The van der Waals surface area contributed by atoms with Gasteiger partial charge in [-0.05, 0) is 39.4 Å². The highest BCUT2D eigenvalue weighted by molar-refractivity contribution is 7.99. The number of rotatable bonds is 2. The second-order valence-corrected chi connectivity index (χ2v) is 6.74. The normalized spacial score (nSPS) is 37.0. The summed E-state index contributed by atoms with van der Waals surface area (Å²) in [6.45, 7) is 8.27. The SMILES string of the molecule is CSC1CCC(N2CCNC(C)(C)C2)C1. The van der Waals surface area contributed by atoms with E-state index in [0.29, 0.717) is 5.54 Å². The Hall–Kier alpha value is 0.270. The molecule has 1 heterocycles. The fourth-order valence-electron chi connectivity index (χ4n) is 2.96. The van der Waals surface area contributed by atoms with Crippen LogP contribution in [0.2, 0.25) is 0 Å². The standard InChI is InChI=1S/C12H24N2S/c1-12(2)9-14(7-6-13-12)10-4-5-11(8-10)15-3/h10-11,13H,4-9H2,1-3H3. The van der Waals surface area contributed by atoms with Crippen LogP contribution in [-0.2, 0) is 0 Å². The average molecular weight is 228 g/mol. The lowest BCUT2D eigenvalue weighted by atomic mass is 10.0. The molecule has 15 heavy (non-hydrogen) atoms. The molecular weight excluding hydrogens is 204 g/mol. The summed E-state index contributed by atoms with van der Waals surface area (Å²) in [7, 11) is 0. The molecular formula is C12H24N2S. The Kier molecular flexibility index (Phi) is 3.63. The van der Waals surface area contributed by atoms with Crippen molar-refractivity contribution in [2.24, 2.45) is 0 Å². The van der Waals surface area contributed by atoms with Crippen LogP contribution in [0.4, 0.5) is 0 Å². The Bertz CT molecular complexity index is 218. The van der Waals surface area contributed by atoms with Crippen LogP contribution in [0.1, 0.15) is 33.1 Å².